The molecule has 2 aromatic heterocycles. The summed E-state index contributed by atoms with van der Waals surface area (Å²) in [4.78, 5) is 9.36. The molecule has 15 heavy (non-hydrogen) atoms. The summed E-state index contributed by atoms with van der Waals surface area (Å²) >= 11 is 1.66. The van der Waals surface area contributed by atoms with E-state index in [4.69, 9.17) is 0 Å². The van der Waals surface area contributed by atoms with Crippen LogP contribution in [0, 0.1) is 0 Å². The zero-order valence-corrected chi connectivity index (χ0v) is 9.37. The molecule has 1 N–H and O–H groups in total. The van der Waals surface area contributed by atoms with E-state index in [0.717, 1.165) is 24.6 Å². The fourth-order valence-corrected chi connectivity index (χ4v) is 2.00. The molecular weight excluding hydrogens is 210 g/mol. The average Bonchev–Trinajstić information content (AvgIpc) is 2.87. The maximum absolute atomic E-state index is 4.28. The molecule has 80 valence electrons. The first-order chi connectivity index (χ1) is 7.38. The zero-order chi connectivity index (χ0) is 10.5. The number of nitrogens with zero attached hydrogens (tertiary/aromatic N) is 4. The summed E-state index contributed by atoms with van der Waals surface area (Å²) in [5.74, 6) is 0. The first kappa shape index (κ1) is 10.1. The van der Waals surface area contributed by atoms with Gasteiger partial charge in [-0.25, -0.2) is 14.6 Å². The minimum absolute atomic E-state index is 0.742. The maximum atomic E-state index is 4.28. The van der Waals surface area contributed by atoms with Gasteiger partial charge in [0.1, 0.15) is 12.7 Å². The quantitative estimate of drug-likeness (QED) is 0.836. The molecule has 0 amide bonds. The summed E-state index contributed by atoms with van der Waals surface area (Å²) in [6.07, 6.45) is 6.23. The predicted molar refractivity (Wildman–Crippen MR) is 60.0 cm³/mol. The van der Waals surface area contributed by atoms with E-state index in [1.165, 1.54) is 11.2 Å². The van der Waals surface area contributed by atoms with Crippen LogP contribution >= 0.6 is 11.3 Å². The topological polar surface area (TPSA) is 55.6 Å². The summed E-state index contributed by atoms with van der Waals surface area (Å²) in [6, 6.07) is 0. The van der Waals surface area contributed by atoms with Gasteiger partial charge in [0, 0.05) is 17.6 Å². The maximum Gasteiger partial charge on any atom is 0.182 e. The van der Waals surface area contributed by atoms with E-state index in [2.05, 4.69) is 27.3 Å². The summed E-state index contributed by atoms with van der Waals surface area (Å²) in [5, 5.41) is 8.28. The molecule has 2 heterocycles. The molecule has 5 nitrogen and oxygen atoms in total. The fraction of sp³-hybridized carbons (Fsp3) is 0.444. The monoisotopic (exact) mass is 223 g/mol. The van der Waals surface area contributed by atoms with Crippen molar-refractivity contribution >= 4 is 16.5 Å². The molecule has 0 spiro atoms. The molecule has 2 rings (SSSR count). The van der Waals surface area contributed by atoms with Gasteiger partial charge in [-0.15, -0.1) is 11.3 Å². The first-order valence-electron chi connectivity index (χ1n) is 4.89. The SMILES string of the molecule is CCCNc1ncc(Cn2cncn2)s1. The van der Waals surface area contributed by atoms with E-state index in [1.54, 1.807) is 22.3 Å². The van der Waals surface area contributed by atoms with Crippen molar-refractivity contribution in [3.05, 3.63) is 23.7 Å². The second-order valence-corrected chi connectivity index (χ2v) is 4.27. The standard InChI is InChI=1S/C9H13N5S/c1-2-3-11-9-12-4-8(15-9)5-14-7-10-6-13-14/h4,6-7H,2-3,5H2,1H3,(H,11,12). The van der Waals surface area contributed by atoms with Gasteiger partial charge in [-0.2, -0.15) is 5.10 Å². The van der Waals surface area contributed by atoms with Crippen LogP contribution in [0.15, 0.2) is 18.9 Å². The molecule has 0 radical (unpaired) electrons. The van der Waals surface area contributed by atoms with Crippen molar-refractivity contribution in [2.45, 2.75) is 19.9 Å². The lowest BCUT2D eigenvalue weighted by molar-refractivity contribution is 0.692. The van der Waals surface area contributed by atoms with Gasteiger partial charge in [0.05, 0.1) is 6.54 Å². The van der Waals surface area contributed by atoms with E-state index in [9.17, 15) is 0 Å². The molecule has 0 unspecified atom stereocenters. The van der Waals surface area contributed by atoms with Crippen LogP contribution in [-0.2, 0) is 6.54 Å². The van der Waals surface area contributed by atoms with Crippen LogP contribution in [0.2, 0.25) is 0 Å². The third-order valence-electron chi connectivity index (χ3n) is 1.86. The number of hydrogen-bond acceptors (Lipinski definition) is 5. The van der Waals surface area contributed by atoms with Crippen LogP contribution in [-0.4, -0.2) is 26.3 Å². The van der Waals surface area contributed by atoms with E-state index < -0.39 is 0 Å². The molecule has 0 saturated carbocycles. The molecular formula is C9H13N5S. The Kier molecular flexibility index (Phi) is 3.29. The lowest BCUT2D eigenvalue weighted by Crippen LogP contribution is -1.98. The molecule has 0 fully saturated rings. The molecule has 0 bridgehead atoms. The van der Waals surface area contributed by atoms with Crippen molar-refractivity contribution in [1.82, 2.24) is 19.7 Å². The minimum Gasteiger partial charge on any atom is -0.362 e. The number of rotatable bonds is 5. The summed E-state index contributed by atoms with van der Waals surface area (Å²) in [7, 11) is 0. The van der Waals surface area contributed by atoms with E-state index >= 15 is 0 Å². The Morgan fingerprint density at radius 2 is 2.47 bits per heavy atom. The smallest absolute Gasteiger partial charge is 0.182 e. The Hall–Kier alpha value is -1.43. The zero-order valence-electron chi connectivity index (χ0n) is 8.55. The van der Waals surface area contributed by atoms with E-state index in [-0.39, 0.29) is 0 Å². The van der Waals surface area contributed by atoms with Gasteiger partial charge in [-0.05, 0) is 6.42 Å². The summed E-state index contributed by atoms with van der Waals surface area (Å²) in [6.45, 7) is 3.85. The Morgan fingerprint density at radius 3 is 3.20 bits per heavy atom. The average molecular weight is 223 g/mol. The van der Waals surface area contributed by atoms with Crippen LogP contribution in [0.4, 0.5) is 5.13 Å². The van der Waals surface area contributed by atoms with Crippen LogP contribution in [0.3, 0.4) is 0 Å². The molecule has 0 aliphatic rings. The Balaban J connectivity index is 1.95. The van der Waals surface area contributed by atoms with Gasteiger partial charge in [0.15, 0.2) is 5.13 Å². The van der Waals surface area contributed by atoms with Gasteiger partial charge in [0.2, 0.25) is 0 Å². The van der Waals surface area contributed by atoms with Crippen LogP contribution < -0.4 is 5.32 Å². The minimum atomic E-state index is 0.742. The Bertz CT molecular complexity index is 394. The van der Waals surface area contributed by atoms with Gasteiger partial charge in [-0.1, -0.05) is 6.92 Å². The van der Waals surface area contributed by atoms with Crippen LogP contribution in [0.25, 0.3) is 0 Å². The number of anilines is 1. The normalized spacial score (nSPS) is 10.5. The van der Waals surface area contributed by atoms with Gasteiger partial charge in [0.25, 0.3) is 0 Å². The third-order valence-corrected chi connectivity index (χ3v) is 2.80. The van der Waals surface area contributed by atoms with Gasteiger partial charge >= 0.3 is 0 Å². The highest BCUT2D eigenvalue weighted by Gasteiger charge is 2.01. The predicted octanol–water partition coefficient (Wildman–Crippen LogP) is 1.60. The lowest BCUT2D eigenvalue weighted by atomic mass is 10.5. The third kappa shape index (κ3) is 2.76. The molecule has 0 aliphatic heterocycles. The number of thiazole rings is 1. The van der Waals surface area contributed by atoms with Crippen LogP contribution in [0.5, 0.6) is 0 Å². The van der Waals surface area contributed by atoms with Crippen molar-refractivity contribution in [2.75, 3.05) is 11.9 Å². The molecule has 0 aliphatic carbocycles. The molecule has 0 atom stereocenters. The van der Waals surface area contributed by atoms with Crippen molar-refractivity contribution in [1.29, 1.82) is 0 Å². The highest BCUT2D eigenvalue weighted by Crippen LogP contribution is 2.18. The van der Waals surface area contributed by atoms with E-state index in [0.29, 0.717) is 0 Å². The van der Waals surface area contributed by atoms with Crippen molar-refractivity contribution in [3.8, 4) is 0 Å². The van der Waals surface area contributed by atoms with E-state index in [1.807, 2.05) is 6.20 Å². The van der Waals surface area contributed by atoms with Gasteiger partial charge in [-0.3, -0.25) is 0 Å². The molecule has 2 aromatic rings. The highest BCUT2D eigenvalue weighted by atomic mass is 32.1. The molecule has 0 saturated heterocycles. The van der Waals surface area contributed by atoms with Crippen LogP contribution in [0.1, 0.15) is 18.2 Å². The molecule has 6 heteroatoms. The summed E-state index contributed by atoms with van der Waals surface area (Å²) < 4.78 is 1.79. The Morgan fingerprint density at radius 1 is 1.53 bits per heavy atom. The summed E-state index contributed by atoms with van der Waals surface area (Å²) in [5.41, 5.74) is 0. The van der Waals surface area contributed by atoms with Crippen molar-refractivity contribution < 1.29 is 0 Å². The number of aromatic nitrogens is 4. The second-order valence-electron chi connectivity index (χ2n) is 3.15. The number of nitrogens with one attached hydrogen (secondary N) is 1. The number of hydrogen-bond donors (Lipinski definition) is 1. The largest absolute Gasteiger partial charge is 0.362 e. The fourth-order valence-electron chi connectivity index (χ4n) is 1.17. The highest BCUT2D eigenvalue weighted by molar-refractivity contribution is 7.15. The van der Waals surface area contributed by atoms with Crippen molar-refractivity contribution in [2.24, 2.45) is 0 Å². The lowest BCUT2D eigenvalue weighted by Gasteiger charge is -1.97. The molecule has 0 aromatic carbocycles. The first-order valence-corrected chi connectivity index (χ1v) is 5.71. The van der Waals surface area contributed by atoms with Crippen molar-refractivity contribution in [3.63, 3.8) is 0 Å². The Labute approximate surface area is 92.2 Å². The second kappa shape index (κ2) is 4.88. The van der Waals surface area contributed by atoms with Gasteiger partial charge < -0.3 is 5.32 Å².